The first-order valence-electron chi connectivity index (χ1n) is 17.3. The quantitative estimate of drug-likeness (QED) is 0.363. The molecule has 4 aliphatic rings. The number of H-pyrrole nitrogens is 1. The molecule has 0 radical (unpaired) electrons. The van der Waals surface area contributed by atoms with Crippen molar-refractivity contribution < 1.29 is 28.7 Å². The Morgan fingerprint density at radius 2 is 1.65 bits per heavy atom. The number of aromatic amines is 1. The fourth-order valence-corrected chi connectivity index (χ4v) is 8.39. The average molecular weight is 656 g/mol. The summed E-state index contributed by atoms with van der Waals surface area (Å²) in [6.45, 7) is 4.80. The number of benzene rings is 2. The molecule has 48 heavy (non-hydrogen) atoms. The number of hydrogen-bond acceptors (Lipinski definition) is 6. The van der Waals surface area contributed by atoms with Crippen LogP contribution in [0.25, 0.3) is 10.9 Å². The van der Waals surface area contributed by atoms with Crippen LogP contribution >= 0.6 is 0 Å². The summed E-state index contributed by atoms with van der Waals surface area (Å²) in [5, 5.41) is 4.10. The summed E-state index contributed by atoms with van der Waals surface area (Å²) in [5.41, 5.74) is 3.10. The number of para-hydroxylation sites is 1. The Morgan fingerprint density at radius 3 is 2.33 bits per heavy atom. The van der Waals surface area contributed by atoms with Gasteiger partial charge in [-0.25, -0.2) is 0 Å². The average Bonchev–Trinajstić information content (AvgIpc) is 3.91. The first kappa shape index (κ1) is 32.0. The standard InChI is InChI=1S/C37H45N5O6/c1-4-37-28(36(46)41-17-15-40(16-18-41)34(44)24-10-11-24)20-25(21-32(43)38-22-23-9-12-30(47-2)31(19-23)48-3)35(45)42(37)14-13-27-26-7-5-6-8-29(26)39-33(27)37/h5-9,12,19,24-25,28,39H,4,10-11,13-18,20-22H2,1-3H3,(H,38,43)/t25?,28-,37+/m1/s1. The Hall–Kier alpha value is -4.54. The van der Waals surface area contributed by atoms with Crippen LogP contribution in [-0.4, -0.2) is 90.3 Å². The van der Waals surface area contributed by atoms with Gasteiger partial charge in [-0.1, -0.05) is 31.2 Å². The predicted octanol–water partition coefficient (Wildman–Crippen LogP) is 3.60. The van der Waals surface area contributed by atoms with Crippen molar-refractivity contribution in [3.63, 3.8) is 0 Å². The molecule has 11 heteroatoms. The van der Waals surface area contributed by atoms with E-state index >= 15 is 0 Å². The zero-order valence-corrected chi connectivity index (χ0v) is 28.0. The minimum atomic E-state index is -0.853. The van der Waals surface area contributed by atoms with Gasteiger partial charge in [0, 0.05) is 74.1 Å². The van der Waals surface area contributed by atoms with E-state index in [0.29, 0.717) is 57.1 Å². The number of hydrogen-bond donors (Lipinski definition) is 2. The summed E-state index contributed by atoms with van der Waals surface area (Å²) >= 11 is 0. The van der Waals surface area contributed by atoms with Crippen molar-refractivity contribution in [1.82, 2.24) is 25.0 Å². The van der Waals surface area contributed by atoms with E-state index in [9.17, 15) is 19.2 Å². The number of methoxy groups -OCH3 is 2. The second-order valence-electron chi connectivity index (χ2n) is 13.6. The van der Waals surface area contributed by atoms with Gasteiger partial charge in [-0.3, -0.25) is 19.2 Å². The Bertz CT molecular complexity index is 1740. The number of fused-ring (bicyclic) bond motifs is 5. The maximum Gasteiger partial charge on any atom is 0.228 e. The fraction of sp³-hybridized carbons (Fsp3) is 0.514. The topological polar surface area (TPSA) is 124 Å². The molecular formula is C37H45N5O6. The Kier molecular flexibility index (Phi) is 8.55. The van der Waals surface area contributed by atoms with E-state index in [0.717, 1.165) is 35.0 Å². The number of nitrogens with zero attached hydrogens (tertiary/aromatic N) is 3. The number of aromatic nitrogens is 1. The Morgan fingerprint density at radius 1 is 0.938 bits per heavy atom. The van der Waals surface area contributed by atoms with Gasteiger partial charge in [-0.2, -0.15) is 0 Å². The number of piperidine rings is 1. The lowest BCUT2D eigenvalue weighted by Crippen LogP contribution is -2.66. The summed E-state index contributed by atoms with van der Waals surface area (Å²) in [5.74, 6) is 0.0319. The zero-order valence-electron chi connectivity index (χ0n) is 28.0. The fourth-order valence-electron chi connectivity index (χ4n) is 8.39. The van der Waals surface area contributed by atoms with E-state index < -0.39 is 17.4 Å². The normalized spacial score (nSPS) is 23.8. The molecule has 7 rings (SSSR count). The molecular weight excluding hydrogens is 610 g/mol. The Labute approximate surface area is 280 Å². The molecule has 3 aromatic rings. The second kappa shape index (κ2) is 12.8. The van der Waals surface area contributed by atoms with Crippen molar-refractivity contribution in [2.24, 2.45) is 17.8 Å². The van der Waals surface area contributed by atoms with Gasteiger partial charge in [-0.05, 0) is 61.4 Å². The van der Waals surface area contributed by atoms with Gasteiger partial charge in [0.05, 0.1) is 25.7 Å². The lowest BCUT2D eigenvalue weighted by atomic mass is 9.65. The first-order chi connectivity index (χ1) is 23.3. The smallest absolute Gasteiger partial charge is 0.228 e. The number of piperazine rings is 1. The van der Waals surface area contributed by atoms with Gasteiger partial charge in [0.25, 0.3) is 0 Å². The molecule has 3 atom stereocenters. The molecule has 3 fully saturated rings. The van der Waals surface area contributed by atoms with E-state index in [1.54, 1.807) is 20.3 Å². The van der Waals surface area contributed by atoms with Crippen LogP contribution in [0.5, 0.6) is 11.5 Å². The molecule has 1 unspecified atom stereocenters. The molecule has 2 aromatic carbocycles. The van der Waals surface area contributed by atoms with Gasteiger partial charge in [0.2, 0.25) is 23.6 Å². The molecule has 1 aromatic heterocycles. The summed E-state index contributed by atoms with van der Waals surface area (Å²) in [4.78, 5) is 64.6. The number of ether oxygens (including phenoxy) is 2. The minimum Gasteiger partial charge on any atom is -0.493 e. The Balaban J connectivity index is 1.15. The summed E-state index contributed by atoms with van der Waals surface area (Å²) in [6.07, 6.45) is 3.43. The van der Waals surface area contributed by atoms with Gasteiger partial charge >= 0.3 is 0 Å². The third-order valence-corrected chi connectivity index (χ3v) is 11.1. The van der Waals surface area contributed by atoms with E-state index in [1.165, 1.54) is 5.56 Å². The van der Waals surface area contributed by atoms with Crippen LogP contribution in [0.3, 0.4) is 0 Å². The highest BCUT2D eigenvalue weighted by molar-refractivity contribution is 5.93. The lowest BCUT2D eigenvalue weighted by Gasteiger charge is -2.56. The molecule has 1 saturated carbocycles. The number of rotatable bonds is 9. The van der Waals surface area contributed by atoms with E-state index in [-0.39, 0.29) is 48.9 Å². The second-order valence-corrected chi connectivity index (χ2v) is 13.6. The zero-order chi connectivity index (χ0) is 33.6. The van der Waals surface area contributed by atoms with Crippen LogP contribution in [-0.2, 0) is 37.7 Å². The molecule has 0 spiro atoms. The maximum absolute atomic E-state index is 14.7. The van der Waals surface area contributed by atoms with Crippen LogP contribution in [0, 0.1) is 17.8 Å². The predicted molar refractivity (Wildman–Crippen MR) is 179 cm³/mol. The van der Waals surface area contributed by atoms with Crippen LogP contribution in [0.4, 0.5) is 0 Å². The van der Waals surface area contributed by atoms with Crippen LogP contribution in [0.2, 0.25) is 0 Å². The largest absolute Gasteiger partial charge is 0.493 e. The summed E-state index contributed by atoms with van der Waals surface area (Å²) in [7, 11) is 3.14. The molecule has 254 valence electrons. The van der Waals surface area contributed by atoms with E-state index in [2.05, 4.69) is 23.3 Å². The summed E-state index contributed by atoms with van der Waals surface area (Å²) < 4.78 is 10.7. The highest BCUT2D eigenvalue weighted by atomic mass is 16.5. The van der Waals surface area contributed by atoms with Gasteiger partial charge in [0.15, 0.2) is 11.5 Å². The summed E-state index contributed by atoms with van der Waals surface area (Å²) in [6, 6.07) is 13.6. The molecule has 4 heterocycles. The van der Waals surface area contributed by atoms with Crippen molar-refractivity contribution in [2.45, 2.75) is 57.5 Å². The van der Waals surface area contributed by atoms with Crippen molar-refractivity contribution >= 4 is 34.5 Å². The van der Waals surface area contributed by atoms with E-state index in [1.807, 2.05) is 45.0 Å². The van der Waals surface area contributed by atoms with Gasteiger partial charge in [-0.15, -0.1) is 0 Å². The molecule has 0 bridgehead atoms. The molecule has 1 aliphatic carbocycles. The molecule has 2 N–H and O–H groups in total. The van der Waals surface area contributed by atoms with Crippen molar-refractivity contribution in [2.75, 3.05) is 46.9 Å². The van der Waals surface area contributed by atoms with Gasteiger partial charge < -0.3 is 34.5 Å². The minimum absolute atomic E-state index is 0.00452. The van der Waals surface area contributed by atoms with Gasteiger partial charge in [0.1, 0.15) is 0 Å². The first-order valence-corrected chi connectivity index (χ1v) is 17.3. The number of amides is 4. The maximum atomic E-state index is 14.7. The molecule has 4 amide bonds. The van der Waals surface area contributed by atoms with Crippen molar-refractivity contribution in [3.05, 3.63) is 59.3 Å². The monoisotopic (exact) mass is 655 g/mol. The highest BCUT2D eigenvalue weighted by Crippen LogP contribution is 2.52. The van der Waals surface area contributed by atoms with Crippen LogP contribution in [0.1, 0.15) is 55.8 Å². The van der Waals surface area contributed by atoms with Crippen molar-refractivity contribution in [3.8, 4) is 11.5 Å². The molecule has 2 saturated heterocycles. The third kappa shape index (κ3) is 5.46. The van der Waals surface area contributed by atoms with Crippen molar-refractivity contribution in [1.29, 1.82) is 0 Å². The number of carbonyl (C=O) groups excluding carboxylic acids is 4. The SMILES string of the molecule is CC[C@]12c3[nH]c4ccccc4c3CCN1C(=O)C(CC(=O)NCc1ccc(OC)c(OC)c1)C[C@@H]2C(=O)N1CCN(C(=O)C2CC2)CC1. The number of carbonyl (C=O) groups is 4. The lowest BCUT2D eigenvalue weighted by molar-refractivity contribution is -0.167. The molecule has 11 nitrogen and oxygen atoms in total. The highest BCUT2D eigenvalue weighted by Gasteiger charge is 2.59. The number of nitrogens with one attached hydrogen (secondary N) is 2. The third-order valence-electron chi connectivity index (χ3n) is 11.1. The van der Waals surface area contributed by atoms with Crippen LogP contribution < -0.4 is 14.8 Å². The van der Waals surface area contributed by atoms with E-state index in [4.69, 9.17) is 9.47 Å². The molecule has 3 aliphatic heterocycles. The van der Waals surface area contributed by atoms with Crippen LogP contribution in [0.15, 0.2) is 42.5 Å².